The van der Waals surface area contributed by atoms with Gasteiger partial charge in [0.2, 0.25) is 0 Å². The Kier molecular flexibility index (Phi) is 14.4. The van der Waals surface area contributed by atoms with Crippen LogP contribution >= 0.6 is 0 Å². The molecule has 5 N–H and O–H groups in total. The van der Waals surface area contributed by atoms with Gasteiger partial charge in [0.05, 0.1) is 7.11 Å². The van der Waals surface area contributed by atoms with E-state index in [1.54, 1.807) is 37.4 Å². The predicted octanol–water partition coefficient (Wildman–Crippen LogP) is 5.92. The van der Waals surface area contributed by atoms with Crippen LogP contribution in [0.1, 0.15) is 44.4 Å². The number of aromatic hydroxyl groups is 5. The van der Waals surface area contributed by atoms with Crippen molar-refractivity contribution in [3.05, 3.63) is 71.3 Å². The van der Waals surface area contributed by atoms with Gasteiger partial charge in [-0.3, -0.25) is 0 Å². The maximum Gasteiger partial charge on any atom is 0.160 e. The first-order valence-corrected chi connectivity index (χ1v) is 11.0. The zero-order valence-electron chi connectivity index (χ0n) is 20.4. The van der Waals surface area contributed by atoms with Crippen LogP contribution in [0.2, 0.25) is 0 Å². The number of hydrogen-bond acceptors (Lipinski definition) is 6. The van der Waals surface area contributed by atoms with Gasteiger partial charge < -0.3 is 30.3 Å². The van der Waals surface area contributed by atoms with Crippen molar-refractivity contribution >= 4 is 0 Å². The minimum absolute atomic E-state index is 0. The van der Waals surface area contributed by atoms with Crippen LogP contribution in [0.4, 0.5) is 0 Å². The molecule has 34 heavy (non-hydrogen) atoms. The summed E-state index contributed by atoms with van der Waals surface area (Å²) in [7, 11) is 1.56. The van der Waals surface area contributed by atoms with E-state index in [1.165, 1.54) is 17.7 Å². The van der Waals surface area contributed by atoms with E-state index in [2.05, 4.69) is 13.8 Å². The molecular formula is C27H36FeO6. The predicted molar refractivity (Wildman–Crippen MR) is 132 cm³/mol. The summed E-state index contributed by atoms with van der Waals surface area (Å²) in [6.45, 7) is 8.32. The van der Waals surface area contributed by atoms with Crippen molar-refractivity contribution in [2.45, 2.75) is 47.0 Å². The second kappa shape index (κ2) is 15.8. The molecule has 0 spiro atoms. The number of phenols is 5. The maximum atomic E-state index is 9.34. The van der Waals surface area contributed by atoms with Crippen molar-refractivity contribution < 1.29 is 47.3 Å². The summed E-state index contributed by atoms with van der Waals surface area (Å²) < 4.78 is 5.02. The van der Waals surface area contributed by atoms with Crippen LogP contribution < -0.4 is 4.74 Å². The van der Waals surface area contributed by atoms with Gasteiger partial charge in [0.25, 0.3) is 0 Å². The molecule has 0 unspecified atom stereocenters. The van der Waals surface area contributed by atoms with E-state index in [-0.39, 0.29) is 45.8 Å². The summed E-state index contributed by atoms with van der Waals surface area (Å²) in [5, 5.41) is 45.1. The molecule has 3 aromatic carbocycles. The zero-order valence-corrected chi connectivity index (χ0v) is 21.5. The quantitative estimate of drug-likeness (QED) is 0.215. The standard InChI is InChI=1S/C11H16O2.2C8H10O2.Fe/c1-8(2)6-9-4-5-10(12)11(7-9)13-3;2*1-2-6-3-4-7(9)8(10)5-6;/h4-5,7-8,12H,6H2,1-3H3;2*3-5,9-10H,2H2,1H3;. The fourth-order valence-corrected chi connectivity index (χ4v) is 2.90. The second-order valence-corrected chi connectivity index (χ2v) is 7.96. The van der Waals surface area contributed by atoms with Gasteiger partial charge >= 0.3 is 0 Å². The number of ether oxygens (including phenoxy) is 1. The Morgan fingerprint density at radius 1 is 0.618 bits per heavy atom. The first kappa shape index (κ1) is 31.0. The van der Waals surface area contributed by atoms with E-state index in [0.29, 0.717) is 11.7 Å². The molecule has 0 aromatic heterocycles. The second-order valence-electron chi connectivity index (χ2n) is 7.96. The van der Waals surface area contributed by atoms with Gasteiger partial charge in [-0.25, -0.2) is 0 Å². The van der Waals surface area contributed by atoms with Crippen molar-refractivity contribution in [3.8, 4) is 34.5 Å². The fourth-order valence-electron chi connectivity index (χ4n) is 2.90. The third kappa shape index (κ3) is 10.7. The van der Waals surface area contributed by atoms with E-state index in [0.717, 1.165) is 30.4 Å². The largest absolute Gasteiger partial charge is 0.504 e. The van der Waals surface area contributed by atoms with Crippen molar-refractivity contribution in [3.63, 3.8) is 0 Å². The average molecular weight is 512 g/mol. The number of aryl methyl sites for hydroxylation is 2. The van der Waals surface area contributed by atoms with Crippen LogP contribution in [0.15, 0.2) is 54.6 Å². The number of phenolic OH excluding ortho intramolecular Hbond substituents is 5. The van der Waals surface area contributed by atoms with E-state index in [9.17, 15) is 5.11 Å². The summed E-state index contributed by atoms with van der Waals surface area (Å²) in [6.07, 6.45) is 2.75. The van der Waals surface area contributed by atoms with Gasteiger partial charge in [-0.2, -0.15) is 0 Å². The minimum atomic E-state index is -0.0581. The molecule has 0 aliphatic heterocycles. The van der Waals surface area contributed by atoms with Crippen LogP contribution in [0, 0.1) is 5.92 Å². The van der Waals surface area contributed by atoms with Crippen molar-refractivity contribution in [1.82, 2.24) is 0 Å². The first-order chi connectivity index (χ1) is 15.6. The molecule has 0 bridgehead atoms. The molecule has 0 atom stereocenters. The molecule has 0 saturated carbocycles. The number of benzene rings is 3. The zero-order chi connectivity index (χ0) is 25.0. The van der Waals surface area contributed by atoms with Gasteiger partial charge in [0.1, 0.15) is 0 Å². The molecule has 3 rings (SSSR count). The van der Waals surface area contributed by atoms with Crippen molar-refractivity contribution in [2.24, 2.45) is 5.92 Å². The average Bonchev–Trinajstić information content (AvgIpc) is 2.79. The Morgan fingerprint density at radius 3 is 1.38 bits per heavy atom. The van der Waals surface area contributed by atoms with Gasteiger partial charge in [0.15, 0.2) is 34.5 Å². The Bertz CT molecular complexity index is 953. The summed E-state index contributed by atoms with van der Waals surface area (Å²) in [5.74, 6) is 1.18. The Morgan fingerprint density at radius 2 is 1.03 bits per heavy atom. The van der Waals surface area contributed by atoms with Gasteiger partial charge in [0, 0.05) is 17.1 Å². The Hall–Kier alpha value is -3.02. The molecule has 0 saturated heterocycles. The summed E-state index contributed by atoms with van der Waals surface area (Å²) in [4.78, 5) is 0. The van der Waals surface area contributed by atoms with Crippen LogP contribution in [0.3, 0.4) is 0 Å². The van der Waals surface area contributed by atoms with E-state index in [4.69, 9.17) is 25.2 Å². The molecule has 3 aromatic rings. The normalized spacial score (nSPS) is 9.71. The summed E-state index contributed by atoms with van der Waals surface area (Å²) in [5.41, 5.74) is 3.25. The Balaban J connectivity index is 0.000000479. The van der Waals surface area contributed by atoms with Crippen molar-refractivity contribution in [1.29, 1.82) is 0 Å². The molecule has 0 aliphatic carbocycles. The van der Waals surface area contributed by atoms with Crippen LogP contribution in [-0.2, 0) is 36.3 Å². The molecule has 0 amide bonds. The van der Waals surface area contributed by atoms with E-state index >= 15 is 0 Å². The minimum Gasteiger partial charge on any atom is -0.504 e. The topological polar surface area (TPSA) is 110 Å². The van der Waals surface area contributed by atoms with Crippen molar-refractivity contribution in [2.75, 3.05) is 7.11 Å². The van der Waals surface area contributed by atoms with Gasteiger partial charge in [-0.05, 0) is 78.3 Å². The number of rotatable bonds is 5. The molecule has 7 heteroatoms. The number of methoxy groups -OCH3 is 1. The van der Waals surface area contributed by atoms with Gasteiger partial charge in [-0.15, -0.1) is 0 Å². The SMILES string of the molecule is CCc1ccc(O)c(O)c1.CCc1ccc(O)c(O)c1.COc1cc(CC(C)C)ccc1O.[Fe]. The third-order valence-corrected chi connectivity index (χ3v) is 4.78. The maximum absolute atomic E-state index is 9.34. The third-order valence-electron chi connectivity index (χ3n) is 4.78. The molecule has 6 nitrogen and oxygen atoms in total. The smallest absolute Gasteiger partial charge is 0.160 e. The molecule has 0 fully saturated rings. The van der Waals surface area contributed by atoms with E-state index in [1.807, 2.05) is 26.0 Å². The fraction of sp³-hybridized carbons (Fsp3) is 0.333. The van der Waals surface area contributed by atoms with E-state index < -0.39 is 0 Å². The molecule has 0 aliphatic rings. The summed E-state index contributed by atoms with van der Waals surface area (Å²) >= 11 is 0. The Labute approximate surface area is 213 Å². The van der Waals surface area contributed by atoms with Crippen LogP contribution in [-0.4, -0.2) is 32.6 Å². The number of hydrogen-bond donors (Lipinski definition) is 5. The van der Waals surface area contributed by atoms with Crippen LogP contribution in [0.25, 0.3) is 0 Å². The molecule has 188 valence electrons. The monoisotopic (exact) mass is 512 g/mol. The summed E-state index contributed by atoms with van der Waals surface area (Å²) in [6, 6.07) is 15.2. The van der Waals surface area contributed by atoms with Gasteiger partial charge in [-0.1, -0.05) is 45.9 Å². The van der Waals surface area contributed by atoms with Crippen LogP contribution in [0.5, 0.6) is 34.5 Å². The molecule has 0 radical (unpaired) electrons. The molecule has 0 heterocycles. The molecular weight excluding hydrogens is 476 g/mol. The first-order valence-electron chi connectivity index (χ1n) is 11.0.